The molecule has 2 amide bonds. The first-order valence-corrected chi connectivity index (χ1v) is 9.42. The summed E-state index contributed by atoms with van der Waals surface area (Å²) in [6.07, 6.45) is 1.14. The highest BCUT2D eigenvalue weighted by Gasteiger charge is 2.06. The lowest BCUT2D eigenvalue weighted by Gasteiger charge is -2.19. The van der Waals surface area contributed by atoms with Gasteiger partial charge in [-0.05, 0) is 42.8 Å². The number of hydrogen-bond acceptors (Lipinski definition) is 3. The van der Waals surface area contributed by atoms with Gasteiger partial charge in [-0.1, -0.05) is 34.1 Å². The average molecular weight is 418 g/mol. The fourth-order valence-corrected chi connectivity index (χ4v) is 2.70. The molecule has 0 aliphatic heterocycles. The maximum Gasteiger partial charge on any atom is 0.251 e. The molecule has 0 aromatic heterocycles. The van der Waals surface area contributed by atoms with Crippen LogP contribution < -0.4 is 15.5 Å². The van der Waals surface area contributed by atoms with Gasteiger partial charge < -0.3 is 15.5 Å². The molecule has 0 unspecified atom stereocenters. The molecule has 138 valence electrons. The van der Waals surface area contributed by atoms with Crippen molar-refractivity contribution in [1.82, 2.24) is 10.6 Å². The van der Waals surface area contributed by atoms with Crippen LogP contribution in [0.5, 0.6) is 0 Å². The van der Waals surface area contributed by atoms with Crippen LogP contribution in [0, 0.1) is 0 Å². The molecule has 0 saturated carbocycles. The molecule has 0 aliphatic carbocycles. The van der Waals surface area contributed by atoms with Crippen molar-refractivity contribution < 1.29 is 9.59 Å². The molecular formula is C20H24BrN3O2. The van der Waals surface area contributed by atoms with Crippen LogP contribution in [0.2, 0.25) is 0 Å². The first-order chi connectivity index (χ1) is 12.6. The highest BCUT2D eigenvalue weighted by Crippen LogP contribution is 2.11. The monoisotopic (exact) mass is 417 g/mol. The van der Waals surface area contributed by atoms with E-state index in [0.29, 0.717) is 18.7 Å². The second-order valence-electron chi connectivity index (χ2n) is 5.97. The van der Waals surface area contributed by atoms with E-state index in [-0.39, 0.29) is 18.2 Å². The Hall–Kier alpha value is -2.34. The summed E-state index contributed by atoms with van der Waals surface area (Å²) in [6, 6.07) is 17.2. The standard InChI is InChI=1S/C20H24BrN3O2/c1-24(18-6-3-2-4-7-18)15-5-13-22-19(25)12-14-23-20(26)16-8-10-17(21)11-9-16/h2-4,6-11H,5,12-15H2,1H3,(H,22,25)(H,23,26). The third-order valence-electron chi connectivity index (χ3n) is 3.93. The Labute approximate surface area is 162 Å². The van der Waals surface area contributed by atoms with Crippen LogP contribution in [0.4, 0.5) is 5.69 Å². The lowest BCUT2D eigenvalue weighted by atomic mass is 10.2. The topological polar surface area (TPSA) is 61.4 Å². The molecule has 0 atom stereocenters. The number of halogens is 1. The smallest absolute Gasteiger partial charge is 0.251 e. The molecule has 2 aromatic carbocycles. The van der Waals surface area contributed by atoms with Gasteiger partial charge in [0, 0.05) is 48.8 Å². The second-order valence-corrected chi connectivity index (χ2v) is 6.89. The number of nitrogens with one attached hydrogen (secondary N) is 2. The van der Waals surface area contributed by atoms with Crippen LogP contribution in [0.25, 0.3) is 0 Å². The minimum Gasteiger partial charge on any atom is -0.375 e. The molecule has 2 aromatic rings. The van der Waals surface area contributed by atoms with E-state index in [1.54, 1.807) is 12.1 Å². The summed E-state index contributed by atoms with van der Waals surface area (Å²) in [5.41, 5.74) is 1.74. The SMILES string of the molecule is CN(CCCNC(=O)CCNC(=O)c1ccc(Br)cc1)c1ccccc1. The van der Waals surface area contributed by atoms with Crippen molar-refractivity contribution >= 4 is 33.4 Å². The lowest BCUT2D eigenvalue weighted by Crippen LogP contribution is -2.32. The van der Waals surface area contributed by atoms with E-state index < -0.39 is 0 Å². The summed E-state index contributed by atoms with van der Waals surface area (Å²) in [5.74, 6) is -0.224. The maximum atomic E-state index is 11.9. The molecule has 0 heterocycles. The Morgan fingerprint density at radius 1 is 0.962 bits per heavy atom. The van der Waals surface area contributed by atoms with Gasteiger partial charge in [-0.2, -0.15) is 0 Å². The van der Waals surface area contributed by atoms with E-state index in [9.17, 15) is 9.59 Å². The number of rotatable bonds is 9. The van der Waals surface area contributed by atoms with Gasteiger partial charge in [0.15, 0.2) is 0 Å². The molecule has 0 spiro atoms. The van der Waals surface area contributed by atoms with Gasteiger partial charge in [0.2, 0.25) is 5.91 Å². The fraction of sp³-hybridized carbons (Fsp3) is 0.300. The zero-order valence-electron chi connectivity index (χ0n) is 14.9. The molecule has 6 heteroatoms. The van der Waals surface area contributed by atoms with E-state index >= 15 is 0 Å². The fourth-order valence-electron chi connectivity index (χ4n) is 2.44. The summed E-state index contributed by atoms with van der Waals surface area (Å²) >= 11 is 3.33. The number of anilines is 1. The van der Waals surface area contributed by atoms with Crippen molar-refractivity contribution in [3.63, 3.8) is 0 Å². The minimum atomic E-state index is -0.171. The zero-order chi connectivity index (χ0) is 18.8. The number of para-hydroxylation sites is 1. The van der Waals surface area contributed by atoms with Crippen LogP contribution in [0.3, 0.4) is 0 Å². The van der Waals surface area contributed by atoms with Crippen molar-refractivity contribution in [2.45, 2.75) is 12.8 Å². The third kappa shape index (κ3) is 6.88. The second kappa shape index (κ2) is 10.6. The molecule has 0 radical (unpaired) electrons. The predicted octanol–water partition coefficient (Wildman–Crippen LogP) is 3.21. The Balaban J connectivity index is 1.57. The Kier molecular flexibility index (Phi) is 8.15. The minimum absolute atomic E-state index is 0.0523. The Morgan fingerprint density at radius 3 is 2.35 bits per heavy atom. The summed E-state index contributed by atoms with van der Waals surface area (Å²) in [4.78, 5) is 25.9. The predicted molar refractivity (Wildman–Crippen MR) is 108 cm³/mol. The van der Waals surface area contributed by atoms with Gasteiger partial charge in [-0.3, -0.25) is 9.59 Å². The van der Waals surface area contributed by atoms with E-state index in [4.69, 9.17) is 0 Å². The van der Waals surface area contributed by atoms with Crippen LogP contribution in [-0.2, 0) is 4.79 Å². The largest absolute Gasteiger partial charge is 0.375 e. The molecule has 5 nitrogen and oxygen atoms in total. The summed E-state index contributed by atoms with van der Waals surface area (Å²) in [7, 11) is 2.04. The zero-order valence-corrected chi connectivity index (χ0v) is 16.5. The van der Waals surface area contributed by atoms with Crippen molar-refractivity contribution in [1.29, 1.82) is 0 Å². The van der Waals surface area contributed by atoms with Crippen LogP contribution in [-0.4, -0.2) is 38.5 Å². The molecule has 2 N–H and O–H groups in total. The van der Waals surface area contributed by atoms with Crippen LogP contribution in [0.15, 0.2) is 59.1 Å². The quantitative estimate of drug-likeness (QED) is 0.615. The Morgan fingerprint density at radius 2 is 1.65 bits per heavy atom. The van der Waals surface area contributed by atoms with E-state index in [1.165, 1.54) is 0 Å². The Bertz CT molecular complexity index is 705. The average Bonchev–Trinajstić information content (AvgIpc) is 2.66. The number of carbonyl (C=O) groups is 2. The van der Waals surface area contributed by atoms with Crippen LogP contribution >= 0.6 is 15.9 Å². The van der Waals surface area contributed by atoms with Gasteiger partial charge in [0.05, 0.1) is 0 Å². The molecule has 0 fully saturated rings. The van der Waals surface area contributed by atoms with Crippen molar-refractivity contribution in [3.8, 4) is 0 Å². The van der Waals surface area contributed by atoms with E-state index in [1.807, 2.05) is 37.4 Å². The highest BCUT2D eigenvalue weighted by molar-refractivity contribution is 9.10. The summed E-state index contributed by atoms with van der Waals surface area (Å²) in [6.45, 7) is 1.81. The highest BCUT2D eigenvalue weighted by atomic mass is 79.9. The van der Waals surface area contributed by atoms with E-state index in [0.717, 1.165) is 23.1 Å². The number of nitrogens with zero attached hydrogens (tertiary/aromatic N) is 1. The van der Waals surface area contributed by atoms with Gasteiger partial charge >= 0.3 is 0 Å². The first kappa shape index (κ1) is 20.0. The summed E-state index contributed by atoms with van der Waals surface area (Å²) in [5, 5.41) is 5.64. The molecule has 26 heavy (non-hydrogen) atoms. The van der Waals surface area contributed by atoms with Crippen molar-refractivity contribution in [2.75, 3.05) is 31.6 Å². The summed E-state index contributed by atoms with van der Waals surface area (Å²) < 4.78 is 0.923. The number of carbonyl (C=O) groups excluding carboxylic acids is 2. The number of benzene rings is 2. The number of amides is 2. The third-order valence-corrected chi connectivity index (χ3v) is 4.46. The molecule has 0 saturated heterocycles. The number of hydrogen-bond donors (Lipinski definition) is 2. The van der Waals surface area contributed by atoms with Gasteiger partial charge in [0.1, 0.15) is 0 Å². The molecule has 2 rings (SSSR count). The maximum absolute atomic E-state index is 11.9. The van der Waals surface area contributed by atoms with Gasteiger partial charge in [0.25, 0.3) is 5.91 Å². The molecule has 0 bridgehead atoms. The lowest BCUT2D eigenvalue weighted by molar-refractivity contribution is -0.120. The molecule has 0 aliphatic rings. The van der Waals surface area contributed by atoms with Crippen LogP contribution in [0.1, 0.15) is 23.2 Å². The molecular weight excluding hydrogens is 394 g/mol. The first-order valence-electron chi connectivity index (χ1n) is 8.63. The van der Waals surface area contributed by atoms with E-state index in [2.05, 4.69) is 43.6 Å². The van der Waals surface area contributed by atoms with Crippen molar-refractivity contribution in [2.24, 2.45) is 0 Å². The van der Waals surface area contributed by atoms with Gasteiger partial charge in [-0.15, -0.1) is 0 Å². The van der Waals surface area contributed by atoms with Gasteiger partial charge in [-0.25, -0.2) is 0 Å². The van der Waals surface area contributed by atoms with Crippen molar-refractivity contribution in [3.05, 3.63) is 64.6 Å². The normalized spacial score (nSPS) is 10.2.